The molecule has 0 aromatic carbocycles. The van der Waals surface area contributed by atoms with Gasteiger partial charge >= 0.3 is 18.1 Å². The first-order valence-corrected chi connectivity index (χ1v) is 10.1. The van der Waals surface area contributed by atoms with Gasteiger partial charge in [-0.1, -0.05) is 6.07 Å². The second-order valence-corrected chi connectivity index (χ2v) is 7.67. The molecule has 3 rings (SSSR count). The van der Waals surface area contributed by atoms with Gasteiger partial charge in [0.05, 0.1) is 0 Å². The van der Waals surface area contributed by atoms with Crippen LogP contribution in [0.15, 0.2) is 18.3 Å². The summed E-state index contributed by atoms with van der Waals surface area (Å²) in [5, 5.41) is 14.8. The monoisotopic (exact) mass is 431 g/mol. The smallest absolute Gasteiger partial charge is 0.414 e. The van der Waals surface area contributed by atoms with E-state index in [4.69, 9.17) is 19.8 Å². The molecule has 2 saturated heterocycles. The molecule has 3 heterocycles. The number of carboxylic acid groups (broad SMARTS) is 2. The minimum atomic E-state index is -4.04. The molecule has 0 spiro atoms. The van der Waals surface area contributed by atoms with Crippen molar-refractivity contribution in [3.8, 4) is 0 Å². The molecule has 0 bridgehead atoms. The SMILES string of the molecule is FC(F)(F)C[C@@H]1CCN(CCc2cccnc2N2CCCCC2)C1.O=C(O)C(=O)O. The Hall–Kier alpha value is -2.36. The molecule has 0 saturated carbocycles. The Morgan fingerprint density at radius 1 is 1.10 bits per heavy atom. The van der Waals surface area contributed by atoms with Gasteiger partial charge in [-0.3, -0.25) is 0 Å². The predicted octanol–water partition coefficient (Wildman–Crippen LogP) is 3.04. The maximum atomic E-state index is 12.5. The molecule has 30 heavy (non-hydrogen) atoms. The van der Waals surface area contributed by atoms with E-state index >= 15 is 0 Å². The molecule has 2 aliphatic rings. The van der Waals surface area contributed by atoms with E-state index in [9.17, 15) is 13.2 Å². The van der Waals surface area contributed by atoms with E-state index in [2.05, 4.69) is 20.9 Å². The lowest BCUT2D eigenvalue weighted by Gasteiger charge is -2.29. The fraction of sp³-hybridized carbons (Fsp3) is 0.650. The molecule has 168 valence electrons. The summed E-state index contributed by atoms with van der Waals surface area (Å²) in [6.07, 6.45) is 2.38. The molecule has 2 N–H and O–H groups in total. The summed E-state index contributed by atoms with van der Waals surface area (Å²) in [6.45, 7) is 4.28. The standard InChI is InChI=1S/C18H26F3N3.C2H2O4/c19-18(20,21)13-15-6-11-23(14-15)12-7-16-5-4-8-22-17(16)24-9-2-1-3-10-24;3-1(4)2(5)6/h4-5,8,15H,1-3,6-7,9-14H2;(H,3,4)(H,5,6)/t15-;/m0./s1. The van der Waals surface area contributed by atoms with Crippen LogP contribution in [0.3, 0.4) is 0 Å². The number of hydrogen-bond donors (Lipinski definition) is 2. The van der Waals surface area contributed by atoms with Crippen LogP contribution >= 0.6 is 0 Å². The van der Waals surface area contributed by atoms with Crippen LogP contribution in [-0.4, -0.2) is 70.9 Å². The molecule has 0 amide bonds. The number of carbonyl (C=O) groups is 2. The fourth-order valence-electron chi connectivity index (χ4n) is 3.90. The molecule has 2 fully saturated rings. The van der Waals surface area contributed by atoms with Crippen molar-refractivity contribution in [2.75, 3.05) is 37.6 Å². The number of likely N-dealkylation sites (tertiary alicyclic amines) is 1. The molecule has 2 aliphatic heterocycles. The number of rotatable bonds is 5. The zero-order valence-electron chi connectivity index (χ0n) is 16.8. The van der Waals surface area contributed by atoms with Crippen molar-refractivity contribution in [3.63, 3.8) is 0 Å². The molecule has 7 nitrogen and oxygen atoms in total. The number of halogens is 3. The lowest BCUT2D eigenvalue weighted by molar-refractivity contribution is -0.159. The van der Waals surface area contributed by atoms with Crippen molar-refractivity contribution in [2.45, 2.75) is 44.7 Å². The molecule has 10 heteroatoms. The van der Waals surface area contributed by atoms with E-state index in [1.54, 1.807) is 0 Å². The maximum Gasteiger partial charge on any atom is 0.414 e. The third-order valence-electron chi connectivity index (χ3n) is 5.29. The predicted molar refractivity (Wildman–Crippen MR) is 104 cm³/mol. The quantitative estimate of drug-likeness (QED) is 0.692. The van der Waals surface area contributed by atoms with Crippen LogP contribution in [-0.2, 0) is 16.0 Å². The van der Waals surface area contributed by atoms with Gasteiger partial charge in [-0.2, -0.15) is 13.2 Å². The summed E-state index contributed by atoms with van der Waals surface area (Å²) >= 11 is 0. The number of hydrogen-bond acceptors (Lipinski definition) is 5. The van der Waals surface area contributed by atoms with Gasteiger partial charge in [-0.05, 0) is 56.2 Å². The van der Waals surface area contributed by atoms with Gasteiger partial charge in [0.2, 0.25) is 0 Å². The Labute approximate surface area is 173 Å². The van der Waals surface area contributed by atoms with Gasteiger partial charge in [-0.15, -0.1) is 0 Å². The molecule has 1 atom stereocenters. The van der Waals surface area contributed by atoms with E-state index in [-0.39, 0.29) is 5.92 Å². The van der Waals surface area contributed by atoms with Gasteiger partial charge in [0.15, 0.2) is 0 Å². The molecule has 0 radical (unpaired) electrons. The zero-order valence-corrected chi connectivity index (χ0v) is 16.8. The van der Waals surface area contributed by atoms with E-state index < -0.39 is 24.5 Å². The summed E-state index contributed by atoms with van der Waals surface area (Å²) < 4.78 is 37.5. The number of carboxylic acids is 2. The fourth-order valence-corrected chi connectivity index (χ4v) is 3.90. The molecule has 0 aliphatic carbocycles. The van der Waals surface area contributed by atoms with Gasteiger partial charge in [0.25, 0.3) is 0 Å². The van der Waals surface area contributed by atoms with Crippen LogP contribution in [0.4, 0.5) is 19.0 Å². The summed E-state index contributed by atoms with van der Waals surface area (Å²) in [4.78, 5) is 27.3. The van der Waals surface area contributed by atoms with Crippen LogP contribution in [0.25, 0.3) is 0 Å². The number of alkyl halides is 3. The Bertz CT molecular complexity index is 697. The summed E-state index contributed by atoms with van der Waals surface area (Å²) in [6, 6.07) is 4.07. The Kier molecular flexibility index (Phi) is 8.88. The van der Waals surface area contributed by atoms with E-state index in [0.29, 0.717) is 13.0 Å². The summed E-state index contributed by atoms with van der Waals surface area (Å²) in [5.41, 5.74) is 1.22. The molecule has 1 aromatic rings. The maximum absolute atomic E-state index is 12.5. The van der Waals surface area contributed by atoms with E-state index in [1.165, 1.54) is 24.8 Å². The average Bonchev–Trinajstić information content (AvgIpc) is 3.13. The third-order valence-corrected chi connectivity index (χ3v) is 5.29. The molecule has 1 aromatic heterocycles. The number of piperidine rings is 1. The highest BCUT2D eigenvalue weighted by Crippen LogP contribution is 2.30. The number of nitrogens with zero attached hydrogens (tertiary/aromatic N) is 3. The minimum Gasteiger partial charge on any atom is -0.473 e. The number of aliphatic carboxylic acids is 2. The molecular weight excluding hydrogens is 403 g/mol. The van der Waals surface area contributed by atoms with Crippen LogP contribution in [0, 0.1) is 5.92 Å². The van der Waals surface area contributed by atoms with Crippen molar-refractivity contribution in [1.29, 1.82) is 0 Å². The third kappa shape index (κ3) is 8.17. The summed E-state index contributed by atoms with van der Waals surface area (Å²) in [5.74, 6) is -2.81. The van der Waals surface area contributed by atoms with Crippen LogP contribution in [0.1, 0.15) is 37.7 Å². The number of anilines is 1. The first-order valence-electron chi connectivity index (χ1n) is 10.1. The average molecular weight is 431 g/mol. The van der Waals surface area contributed by atoms with Gasteiger partial charge in [0, 0.05) is 38.8 Å². The van der Waals surface area contributed by atoms with Crippen molar-refractivity contribution in [1.82, 2.24) is 9.88 Å². The number of pyridine rings is 1. The van der Waals surface area contributed by atoms with Crippen molar-refractivity contribution in [3.05, 3.63) is 23.9 Å². The van der Waals surface area contributed by atoms with Crippen molar-refractivity contribution >= 4 is 17.8 Å². The molecular formula is C20H28F3N3O4. The number of aromatic nitrogens is 1. The Morgan fingerprint density at radius 2 is 1.77 bits per heavy atom. The topological polar surface area (TPSA) is 94.0 Å². The highest BCUT2D eigenvalue weighted by atomic mass is 19.4. The molecule has 0 unspecified atom stereocenters. The van der Waals surface area contributed by atoms with Gasteiger partial charge < -0.3 is 20.0 Å². The second kappa shape index (κ2) is 11.1. The lowest BCUT2D eigenvalue weighted by atomic mass is 10.1. The zero-order chi connectivity index (χ0) is 22.1. The Morgan fingerprint density at radius 3 is 2.37 bits per heavy atom. The second-order valence-electron chi connectivity index (χ2n) is 7.67. The van der Waals surface area contributed by atoms with Gasteiger partial charge in [0.1, 0.15) is 5.82 Å². The van der Waals surface area contributed by atoms with Crippen LogP contribution in [0.2, 0.25) is 0 Å². The first kappa shape index (κ1) is 23.9. The van der Waals surface area contributed by atoms with Crippen molar-refractivity contribution < 1.29 is 33.0 Å². The minimum absolute atomic E-state index is 0.236. The van der Waals surface area contributed by atoms with Crippen LogP contribution < -0.4 is 4.90 Å². The normalized spacial score (nSPS) is 19.8. The highest BCUT2D eigenvalue weighted by molar-refractivity contribution is 6.27. The van der Waals surface area contributed by atoms with Gasteiger partial charge in [-0.25, -0.2) is 14.6 Å². The lowest BCUT2D eigenvalue weighted by Crippen LogP contribution is -2.31. The Balaban J connectivity index is 0.000000469. The van der Waals surface area contributed by atoms with E-state index in [1.807, 2.05) is 12.3 Å². The van der Waals surface area contributed by atoms with Crippen molar-refractivity contribution in [2.24, 2.45) is 5.92 Å². The summed E-state index contributed by atoms with van der Waals surface area (Å²) in [7, 11) is 0. The highest BCUT2D eigenvalue weighted by Gasteiger charge is 2.35. The largest absolute Gasteiger partial charge is 0.473 e. The first-order chi connectivity index (χ1) is 14.2. The van der Waals surface area contributed by atoms with E-state index in [0.717, 1.165) is 38.4 Å². The van der Waals surface area contributed by atoms with Crippen LogP contribution in [0.5, 0.6) is 0 Å².